The fourth-order valence-electron chi connectivity index (χ4n) is 1.12. The second-order valence-electron chi connectivity index (χ2n) is 2.82. The van der Waals surface area contributed by atoms with Crippen molar-refractivity contribution < 1.29 is 0 Å². The number of nitrogens with one attached hydrogen (secondary N) is 1. The Balaban J connectivity index is 1.95. The molecule has 0 saturated carbocycles. The van der Waals surface area contributed by atoms with Crippen LogP contribution >= 0.6 is 0 Å². The molecule has 0 unspecified atom stereocenters. The zero-order valence-corrected chi connectivity index (χ0v) is 6.46. The molecule has 2 nitrogen and oxygen atoms in total. The van der Waals surface area contributed by atoms with Crippen molar-refractivity contribution in [3.63, 3.8) is 0 Å². The van der Waals surface area contributed by atoms with Gasteiger partial charge in [0, 0.05) is 18.8 Å². The molecule has 0 atom stereocenters. The van der Waals surface area contributed by atoms with Crippen LogP contribution in [0.15, 0.2) is 30.3 Å². The van der Waals surface area contributed by atoms with Crippen molar-refractivity contribution >= 4 is 5.69 Å². The average Bonchev–Trinajstić information content (AvgIpc) is 1.99. The standard InChI is InChI=1S/C9H12N2/c1-2-5-9(6-3-1)10-11-7-4-8-11/h1-3,5-6,10H,4,7-8H2. The van der Waals surface area contributed by atoms with Gasteiger partial charge in [0.2, 0.25) is 0 Å². The number of rotatable bonds is 2. The summed E-state index contributed by atoms with van der Waals surface area (Å²) in [7, 11) is 0. The van der Waals surface area contributed by atoms with E-state index in [4.69, 9.17) is 0 Å². The first kappa shape index (κ1) is 6.68. The van der Waals surface area contributed by atoms with E-state index in [1.807, 2.05) is 18.2 Å². The molecule has 0 spiro atoms. The molecule has 1 aromatic carbocycles. The van der Waals surface area contributed by atoms with Crippen molar-refractivity contribution in [1.29, 1.82) is 0 Å². The van der Waals surface area contributed by atoms with Crippen molar-refractivity contribution in [3.05, 3.63) is 30.3 Å². The third kappa shape index (κ3) is 1.52. The lowest BCUT2D eigenvalue weighted by atomic mass is 10.3. The zero-order valence-electron chi connectivity index (χ0n) is 6.46. The van der Waals surface area contributed by atoms with E-state index in [2.05, 4.69) is 22.6 Å². The summed E-state index contributed by atoms with van der Waals surface area (Å²) in [5.41, 5.74) is 4.50. The van der Waals surface area contributed by atoms with Gasteiger partial charge >= 0.3 is 0 Å². The Morgan fingerprint density at radius 2 is 1.82 bits per heavy atom. The van der Waals surface area contributed by atoms with Crippen LogP contribution in [0, 0.1) is 0 Å². The molecule has 2 rings (SSSR count). The molecule has 1 aliphatic rings. The Labute approximate surface area is 66.8 Å². The SMILES string of the molecule is c1ccc(NN2CCC2)cc1. The molecule has 0 aliphatic carbocycles. The summed E-state index contributed by atoms with van der Waals surface area (Å²) >= 11 is 0. The highest BCUT2D eigenvalue weighted by Crippen LogP contribution is 2.11. The first-order valence-corrected chi connectivity index (χ1v) is 4.02. The Morgan fingerprint density at radius 3 is 2.36 bits per heavy atom. The van der Waals surface area contributed by atoms with E-state index >= 15 is 0 Å². The summed E-state index contributed by atoms with van der Waals surface area (Å²) in [6, 6.07) is 10.3. The van der Waals surface area contributed by atoms with Gasteiger partial charge in [-0.25, -0.2) is 5.01 Å². The topological polar surface area (TPSA) is 15.3 Å². The average molecular weight is 148 g/mol. The highest BCUT2D eigenvalue weighted by atomic mass is 15.5. The lowest BCUT2D eigenvalue weighted by Gasteiger charge is -2.31. The van der Waals surface area contributed by atoms with E-state index in [-0.39, 0.29) is 0 Å². The minimum absolute atomic E-state index is 1.18. The summed E-state index contributed by atoms with van der Waals surface area (Å²) in [5.74, 6) is 0. The normalized spacial score (nSPS) is 17.5. The largest absolute Gasteiger partial charge is 0.319 e. The molecule has 11 heavy (non-hydrogen) atoms. The number of hydrogen-bond acceptors (Lipinski definition) is 2. The van der Waals surface area contributed by atoms with Crippen LogP contribution in [-0.4, -0.2) is 18.1 Å². The fraction of sp³-hybridized carbons (Fsp3) is 0.333. The number of benzene rings is 1. The van der Waals surface area contributed by atoms with E-state index in [1.54, 1.807) is 0 Å². The quantitative estimate of drug-likeness (QED) is 0.687. The van der Waals surface area contributed by atoms with Gasteiger partial charge in [-0.1, -0.05) is 18.2 Å². The van der Waals surface area contributed by atoms with Crippen LogP contribution in [0.1, 0.15) is 6.42 Å². The van der Waals surface area contributed by atoms with Gasteiger partial charge in [-0.3, -0.25) is 0 Å². The maximum Gasteiger partial charge on any atom is 0.0490 e. The third-order valence-electron chi connectivity index (χ3n) is 1.92. The van der Waals surface area contributed by atoms with Crippen LogP contribution in [0.3, 0.4) is 0 Å². The molecule has 1 heterocycles. The highest BCUT2D eigenvalue weighted by molar-refractivity contribution is 5.41. The van der Waals surface area contributed by atoms with Crippen LogP contribution < -0.4 is 5.43 Å². The molecule has 1 aliphatic heterocycles. The molecule has 1 aromatic rings. The Bertz CT molecular complexity index is 216. The van der Waals surface area contributed by atoms with Crippen LogP contribution in [-0.2, 0) is 0 Å². The van der Waals surface area contributed by atoms with Gasteiger partial charge in [-0.2, -0.15) is 0 Å². The molecule has 1 saturated heterocycles. The van der Waals surface area contributed by atoms with Crippen molar-refractivity contribution in [3.8, 4) is 0 Å². The number of nitrogens with zero attached hydrogens (tertiary/aromatic N) is 1. The molecule has 0 radical (unpaired) electrons. The monoisotopic (exact) mass is 148 g/mol. The zero-order chi connectivity index (χ0) is 7.52. The Morgan fingerprint density at radius 1 is 1.09 bits per heavy atom. The molecular weight excluding hydrogens is 136 g/mol. The predicted molar refractivity (Wildman–Crippen MR) is 46.3 cm³/mol. The van der Waals surface area contributed by atoms with Gasteiger partial charge < -0.3 is 5.43 Å². The molecule has 1 N–H and O–H groups in total. The Hall–Kier alpha value is -1.02. The molecule has 0 bridgehead atoms. The summed E-state index contributed by atoms with van der Waals surface area (Å²) in [6.07, 6.45) is 1.32. The van der Waals surface area contributed by atoms with E-state index in [0.29, 0.717) is 0 Å². The number of hydrazine groups is 1. The smallest absolute Gasteiger partial charge is 0.0490 e. The lowest BCUT2D eigenvalue weighted by molar-refractivity contribution is 0.225. The predicted octanol–water partition coefficient (Wildman–Crippen LogP) is 1.72. The minimum Gasteiger partial charge on any atom is -0.319 e. The lowest BCUT2D eigenvalue weighted by Crippen LogP contribution is -2.41. The highest BCUT2D eigenvalue weighted by Gasteiger charge is 2.12. The molecule has 2 heteroatoms. The summed E-state index contributed by atoms with van der Waals surface area (Å²) in [6.45, 7) is 2.35. The van der Waals surface area contributed by atoms with Gasteiger partial charge in [0.15, 0.2) is 0 Å². The first-order chi connectivity index (χ1) is 5.45. The van der Waals surface area contributed by atoms with Crippen molar-refractivity contribution in [1.82, 2.24) is 5.01 Å². The second-order valence-corrected chi connectivity index (χ2v) is 2.82. The van der Waals surface area contributed by atoms with E-state index < -0.39 is 0 Å². The second kappa shape index (κ2) is 2.93. The van der Waals surface area contributed by atoms with Crippen LogP contribution in [0.2, 0.25) is 0 Å². The molecular formula is C9H12N2. The van der Waals surface area contributed by atoms with Crippen molar-refractivity contribution in [2.45, 2.75) is 6.42 Å². The van der Waals surface area contributed by atoms with Crippen LogP contribution in [0.5, 0.6) is 0 Å². The van der Waals surface area contributed by atoms with Crippen molar-refractivity contribution in [2.24, 2.45) is 0 Å². The number of anilines is 1. The van der Waals surface area contributed by atoms with Crippen LogP contribution in [0.25, 0.3) is 0 Å². The third-order valence-corrected chi connectivity index (χ3v) is 1.92. The molecule has 0 aromatic heterocycles. The maximum absolute atomic E-state index is 3.31. The minimum atomic E-state index is 1.18. The first-order valence-electron chi connectivity index (χ1n) is 4.02. The molecule has 58 valence electrons. The van der Waals surface area contributed by atoms with Gasteiger partial charge in [0.25, 0.3) is 0 Å². The molecule has 0 amide bonds. The number of para-hydroxylation sites is 1. The van der Waals surface area contributed by atoms with E-state index in [1.165, 1.54) is 25.2 Å². The van der Waals surface area contributed by atoms with Gasteiger partial charge in [-0.15, -0.1) is 0 Å². The van der Waals surface area contributed by atoms with Gasteiger partial charge in [0.1, 0.15) is 0 Å². The van der Waals surface area contributed by atoms with E-state index in [0.717, 1.165) is 0 Å². The van der Waals surface area contributed by atoms with Gasteiger partial charge in [0.05, 0.1) is 0 Å². The maximum atomic E-state index is 3.31. The van der Waals surface area contributed by atoms with Crippen molar-refractivity contribution in [2.75, 3.05) is 18.5 Å². The molecule has 1 fully saturated rings. The fourth-order valence-corrected chi connectivity index (χ4v) is 1.12. The summed E-state index contributed by atoms with van der Waals surface area (Å²) in [4.78, 5) is 0. The Kier molecular flexibility index (Phi) is 1.78. The summed E-state index contributed by atoms with van der Waals surface area (Å²) in [5, 5.41) is 2.22. The summed E-state index contributed by atoms with van der Waals surface area (Å²) < 4.78 is 0. The van der Waals surface area contributed by atoms with E-state index in [9.17, 15) is 0 Å². The van der Waals surface area contributed by atoms with Gasteiger partial charge in [-0.05, 0) is 18.6 Å². The van der Waals surface area contributed by atoms with Crippen LogP contribution in [0.4, 0.5) is 5.69 Å². The number of hydrogen-bond donors (Lipinski definition) is 1.